The lowest BCUT2D eigenvalue weighted by Crippen LogP contribution is -2.24. The molecule has 1 unspecified atom stereocenters. The predicted molar refractivity (Wildman–Crippen MR) is 83.7 cm³/mol. The molecule has 108 valence electrons. The Hall–Kier alpha value is -1.61. The van der Waals surface area contributed by atoms with Gasteiger partial charge >= 0.3 is 0 Å². The van der Waals surface area contributed by atoms with Gasteiger partial charge in [0.25, 0.3) is 0 Å². The van der Waals surface area contributed by atoms with E-state index in [0.29, 0.717) is 11.8 Å². The summed E-state index contributed by atoms with van der Waals surface area (Å²) in [4.78, 5) is 0. The van der Waals surface area contributed by atoms with E-state index in [9.17, 15) is 0 Å². The van der Waals surface area contributed by atoms with Gasteiger partial charge in [0.2, 0.25) is 0 Å². The van der Waals surface area contributed by atoms with Crippen molar-refractivity contribution in [1.82, 2.24) is 15.1 Å². The first-order valence-electron chi connectivity index (χ1n) is 7.32. The fraction of sp³-hybridized carbons (Fsp3) is 0.471. The highest BCUT2D eigenvalue weighted by Crippen LogP contribution is 2.23. The third-order valence-electron chi connectivity index (χ3n) is 4.05. The summed E-state index contributed by atoms with van der Waals surface area (Å²) in [6.07, 6.45) is 1.95. The van der Waals surface area contributed by atoms with Gasteiger partial charge in [-0.25, -0.2) is 0 Å². The first-order chi connectivity index (χ1) is 9.59. The van der Waals surface area contributed by atoms with Crippen molar-refractivity contribution in [2.45, 2.75) is 33.2 Å². The van der Waals surface area contributed by atoms with E-state index in [-0.39, 0.29) is 0 Å². The normalized spacial score (nSPS) is 12.8. The average Bonchev–Trinajstić information content (AvgIpc) is 2.76. The smallest absolute Gasteiger partial charge is 0.0537 e. The van der Waals surface area contributed by atoms with Crippen LogP contribution in [0, 0.1) is 12.8 Å². The standard InChI is InChI=1S/C17H25N3/c1-13(2)17(15-8-6-5-7-9-15)12-18-10-16-11-19-20(4)14(16)3/h5-9,11,13,17-18H,10,12H2,1-4H3. The maximum atomic E-state index is 4.28. The van der Waals surface area contributed by atoms with Gasteiger partial charge in [0.05, 0.1) is 6.20 Å². The van der Waals surface area contributed by atoms with Crippen LogP contribution in [-0.4, -0.2) is 16.3 Å². The lowest BCUT2D eigenvalue weighted by atomic mass is 9.88. The van der Waals surface area contributed by atoms with E-state index in [1.807, 2.05) is 17.9 Å². The summed E-state index contributed by atoms with van der Waals surface area (Å²) in [6, 6.07) is 10.8. The van der Waals surface area contributed by atoms with Crippen LogP contribution in [-0.2, 0) is 13.6 Å². The van der Waals surface area contributed by atoms with Crippen molar-refractivity contribution in [3.05, 3.63) is 53.3 Å². The quantitative estimate of drug-likeness (QED) is 0.874. The molecule has 0 radical (unpaired) electrons. The van der Waals surface area contributed by atoms with Crippen molar-refractivity contribution in [3.63, 3.8) is 0 Å². The van der Waals surface area contributed by atoms with Crippen molar-refractivity contribution >= 4 is 0 Å². The van der Waals surface area contributed by atoms with Gasteiger partial charge in [-0.3, -0.25) is 4.68 Å². The second-order valence-corrected chi connectivity index (χ2v) is 5.77. The van der Waals surface area contributed by atoms with E-state index in [1.165, 1.54) is 16.8 Å². The van der Waals surface area contributed by atoms with Crippen LogP contribution >= 0.6 is 0 Å². The summed E-state index contributed by atoms with van der Waals surface area (Å²) in [6.45, 7) is 8.57. The van der Waals surface area contributed by atoms with E-state index in [2.05, 4.69) is 61.5 Å². The monoisotopic (exact) mass is 271 g/mol. The largest absolute Gasteiger partial charge is 0.312 e. The number of benzene rings is 1. The molecule has 1 aromatic heterocycles. The van der Waals surface area contributed by atoms with Crippen LogP contribution < -0.4 is 5.32 Å². The maximum absolute atomic E-state index is 4.28. The molecule has 1 atom stereocenters. The Balaban J connectivity index is 1.95. The lowest BCUT2D eigenvalue weighted by molar-refractivity contribution is 0.461. The van der Waals surface area contributed by atoms with Gasteiger partial charge in [-0.1, -0.05) is 44.2 Å². The summed E-state index contributed by atoms with van der Waals surface area (Å²) < 4.78 is 1.92. The Morgan fingerprint density at radius 1 is 1.20 bits per heavy atom. The minimum absolute atomic E-state index is 0.549. The average molecular weight is 271 g/mol. The van der Waals surface area contributed by atoms with Crippen molar-refractivity contribution in [2.75, 3.05) is 6.54 Å². The number of aromatic nitrogens is 2. The van der Waals surface area contributed by atoms with E-state index >= 15 is 0 Å². The number of nitrogens with zero attached hydrogens (tertiary/aromatic N) is 2. The number of hydrogen-bond acceptors (Lipinski definition) is 2. The summed E-state index contributed by atoms with van der Waals surface area (Å²) >= 11 is 0. The van der Waals surface area contributed by atoms with Crippen LogP contribution in [0.5, 0.6) is 0 Å². The number of hydrogen-bond donors (Lipinski definition) is 1. The summed E-state index contributed by atoms with van der Waals surface area (Å²) in [5, 5.41) is 7.87. The molecule has 3 heteroatoms. The predicted octanol–water partition coefficient (Wildman–Crippen LogP) is 3.26. The zero-order valence-corrected chi connectivity index (χ0v) is 12.9. The van der Waals surface area contributed by atoms with Gasteiger partial charge in [-0.05, 0) is 24.3 Å². The first-order valence-corrected chi connectivity index (χ1v) is 7.32. The Morgan fingerprint density at radius 2 is 1.90 bits per heavy atom. The first kappa shape index (κ1) is 14.8. The minimum Gasteiger partial charge on any atom is -0.312 e. The Labute approximate surface area is 122 Å². The van der Waals surface area contributed by atoms with E-state index in [0.717, 1.165) is 13.1 Å². The molecular formula is C17H25N3. The van der Waals surface area contributed by atoms with E-state index in [1.54, 1.807) is 0 Å². The molecule has 0 saturated heterocycles. The molecule has 2 aromatic rings. The fourth-order valence-corrected chi connectivity index (χ4v) is 2.52. The molecule has 20 heavy (non-hydrogen) atoms. The molecule has 1 aromatic carbocycles. The van der Waals surface area contributed by atoms with Gasteiger partial charge in [0.15, 0.2) is 0 Å². The molecule has 0 aliphatic rings. The topological polar surface area (TPSA) is 29.9 Å². The highest BCUT2D eigenvalue weighted by molar-refractivity contribution is 5.21. The third kappa shape index (κ3) is 3.48. The molecule has 0 aliphatic heterocycles. The molecule has 2 rings (SSSR count). The van der Waals surface area contributed by atoms with E-state index < -0.39 is 0 Å². The van der Waals surface area contributed by atoms with Gasteiger partial charge in [0.1, 0.15) is 0 Å². The minimum atomic E-state index is 0.549. The second-order valence-electron chi connectivity index (χ2n) is 5.77. The summed E-state index contributed by atoms with van der Waals surface area (Å²) in [5.74, 6) is 1.17. The molecule has 0 fully saturated rings. The number of aryl methyl sites for hydroxylation is 1. The summed E-state index contributed by atoms with van der Waals surface area (Å²) in [5.41, 5.74) is 3.93. The van der Waals surface area contributed by atoms with Crippen molar-refractivity contribution in [3.8, 4) is 0 Å². The molecule has 0 saturated carbocycles. The van der Waals surface area contributed by atoms with Gasteiger partial charge < -0.3 is 5.32 Å². The lowest BCUT2D eigenvalue weighted by Gasteiger charge is -2.22. The van der Waals surface area contributed by atoms with E-state index in [4.69, 9.17) is 0 Å². The van der Waals surface area contributed by atoms with Crippen LogP contribution in [0.15, 0.2) is 36.5 Å². The fourth-order valence-electron chi connectivity index (χ4n) is 2.52. The third-order valence-corrected chi connectivity index (χ3v) is 4.05. The van der Waals surface area contributed by atoms with Crippen molar-refractivity contribution in [2.24, 2.45) is 13.0 Å². The van der Waals surface area contributed by atoms with Gasteiger partial charge in [0, 0.05) is 31.4 Å². The zero-order chi connectivity index (χ0) is 14.5. The second kappa shape index (κ2) is 6.71. The zero-order valence-electron chi connectivity index (χ0n) is 12.9. The SMILES string of the molecule is Cc1c(CNCC(c2ccccc2)C(C)C)cnn1C. The van der Waals surface area contributed by atoms with Crippen molar-refractivity contribution in [1.29, 1.82) is 0 Å². The van der Waals surface area contributed by atoms with Crippen LogP contribution in [0.2, 0.25) is 0 Å². The Bertz CT molecular complexity index is 528. The molecule has 0 amide bonds. The molecule has 3 nitrogen and oxygen atoms in total. The van der Waals surface area contributed by atoms with Crippen LogP contribution in [0.1, 0.15) is 36.6 Å². The maximum Gasteiger partial charge on any atom is 0.0537 e. The number of nitrogens with one attached hydrogen (secondary N) is 1. The molecule has 1 N–H and O–H groups in total. The molecule has 1 heterocycles. The van der Waals surface area contributed by atoms with Crippen molar-refractivity contribution < 1.29 is 0 Å². The Morgan fingerprint density at radius 3 is 2.45 bits per heavy atom. The summed E-state index contributed by atoms with van der Waals surface area (Å²) in [7, 11) is 1.99. The highest BCUT2D eigenvalue weighted by atomic mass is 15.3. The van der Waals surface area contributed by atoms with Gasteiger partial charge in [-0.2, -0.15) is 5.10 Å². The number of rotatable bonds is 6. The van der Waals surface area contributed by atoms with Crippen LogP contribution in [0.3, 0.4) is 0 Å². The Kier molecular flexibility index (Phi) is 4.96. The van der Waals surface area contributed by atoms with Crippen LogP contribution in [0.4, 0.5) is 0 Å². The molecule has 0 bridgehead atoms. The highest BCUT2D eigenvalue weighted by Gasteiger charge is 2.15. The molecular weight excluding hydrogens is 246 g/mol. The van der Waals surface area contributed by atoms with Crippen LogP contribution in [0.25, 0.3) is 0 Å². The molecule has 0 spiro atoms. The molecule has 0 aliphatic carbocycles. The van der Waals surface area contributed by atoms with Gasteiger partial charge in [-0.15, -0.1) is 0 Å².